The lowest BCUT2D eigenvalue weighted by molar-refractivity contribution is -0.385. The van der Waals surface area contributed by atoms with Crippen molar-refractivity contribution >= 4 is 119 Å². The zero-order valence-corrected chi connectivity index (χ0v) is 36.4. The number of benzene rings is 5. The maximum absolute atomic E-state index is 13.2. The summed E-state index contributed by atoms with van der Waals surface area (Å²) in [5.74, 6) is -6.02. The van der Waals surface area contributed by atoms with E-state index in [9.17, 15) is 99.9 Å². The molecule has 0 saturated carbocycles. The molecule has 68 heavy (non-hydrogen) atoms. The first kappa shape index (κ1) is 49.7. The minimum absolute atomic E-state index is 0.197. The highest BCUT2D eigenvalue weighted by Crippen LogP contribution is 2.50. The van der Waals surface area contributed by atoms with Gasteiger partial charge in [-0.05, 0) is 66.0 Å². The molecule has 1 aliphatic rings. The normalized spacial score (nSPS) is 15.2. The molecule has 356 valence electrons. The standard InChI is InChI=1S/C32H21N9O22S5/c42-29-24-13(10-23(68(61,62)63)26(30(24)43)37-35-19-8-4-16(41(47)48)12-21(19)66(55,56)57)9-22(67(58,59)60)25(29)36-34-18-7-1-14(11-20(18)65(52,53)54)33-38-27-28(32(45)46)39-40(31(27)44)15-2-5-17(6-3-15)64(49,50)51/h1-12,27,42-43H,(H,45,46)(H,49,50,51)(H,52,53,54)(H,55,56,57)(H,58,59,60)(H,61,62,63)/b36-34+,37-35+,38-33+. The molecule has 0 aliphatic carbocycles. The predicted octanol–water partition coefficient (Wildman–Crippen LogP) is 4.16. The van der Waals surface area contributed by atoms with Crippen molar-refractivity contribution in [3.8, 4) is 11.5 Å². The van der Waals surface area contributed by atoms with Gasteiger partial charge in [-0.25, -0.2) is 4.79 Å². The fourth-order valence-corrected chi connectivity index (χ4v) is 8.87. The van der Waals surface area contributed by atoms with Crippen molar-refractivity contribution in [3.05, 3.63) is 82.9 Å². The van der Waals surface area contributed by atoms with Crippen LogP contribution in [0.4, 0.5) is 39.8 Å². The molecule has 1 aliphatic heterocycles. The van der Waals surface area contributed by atoms with Gasteiger partial charge in [0.2, 0.25) is 6.04 Å². The predicted molar refractivity (Wildman–Crippen MR) is 222 cm³/mol. The van der Waals surface area contributed by atoms with Gasteiger partial charge in [-0.3, -0.25) is 37.7 Å². The Morgan fingerprint density at radius 3 is 1.53 bits per heavy atom. The van der Waals surface area contributed by atoms with Crippen LogP contribution in [0.25, 0.3) is 10.8 Å². The van der Waals surface area contributed by atoms with Crippen LogP contribution < -0.4 is 5.01 Å². The number of aliphatic carboxylic acids is 1. The monoisotopic (exact) mass is 1040 g/mol. The van der Waals surface area contributed by atoms with Gasteiger partial charge in [0.15, 0.2) is 17.2 Å². The lowest BCUT2D eigenvalue weighted by Crippen LogP contribution is -2.33. The maximum Gasteiger partial charge on any atom is 0.355 e. The number of azo groups is 3. The molecule has 5 aromatic rings. The Morgan fingerprint density at radius 1 is 0.618 bits per heavy atom. The second-order valence-electron chi connectivity index (χ2n) is 13.1. The summed E-state index contributed by atoms with van der Waals surface area (Å²) < 4.78 is 170. The van der Waals surface area contributed by atoms with Gasteiger partial charge < -0.3 is 15.3 Å². The van der Waals surface area contributed by atoms with E-state index in [1.807, 2.05) is 0 Å². The second kappa shape index (κ2) is 17.5. The number of non-ortho nitro benzene ring substituents is 1. The number of aromatic hydroxyl groups is 2. The summed E-state index contributed by atoms with van der Waals surface area (Å²) in [6, 6.07) is 6.03. The number of carboxylic acids is 1. The highest BCUT2D eigenvalue weighted by Gasteiger charge is 2.41. The largest absolute Gasteiger partial charge is 0.505 e. The number of phenols is 2. The van der Waals surface area contributed by atoms with Gasteiger partial charge in [0, 0.05) is 12.1 Å². The van der Waals surface area contributed by atoms with E-state index in [1.165, 1.54) is 0 Å². The molecule has 0 saturated heterocycles. The fraction of sp³-hybridized carbons (Fsp3) is 0.0312. The number of carboxylic acid groups (broad SMARTS) is 1. The Labute approximate surface area is 377 Å². The highest BCUT2D eigenvalue weighted by atomic mass is 32.2. The van der Waals surface area contributed by atoms with Crippen LogP contribution in [-0.4, -0.2) is 109 Å². The first-order valence-corrected chi connectivity index (χ1v) is 24.3. The van der Waals surface area contributed by atoms with Crippen molar-refractivity contribution < 1.29 is 94.7 Å². The molecule has 0 radical (unpaired) electrons. The number of nitro benzene ring substituents is 1. The van der Waals surface area contributed by atoms with Crippen LogP contribution in [0.15, 0.2) is 133 Å². The minimum atomic E-state index is -5.59. The van der Waals surface area contributed by atoms with Gasteiger partial charge in [-0.2, -0.15) is 62.4 Å². The van der Waals surface area contributed by atoms with Gasteiger partial charge in [0.1, 0.15) is 42.3 Å². The van der Waals surface area contributed by atoms with Gasteiger partial charge in [0.05, 0.1) is 26.6 Å². The zero-order valence-electron chi connectivity index (χ0n) is 32.4. The Bertz CT molecular complexity index is 3770. The quantitative estimate of drug-likeness (QED) is 0.0335. The Morgan fingerprint density at radius 2 is 1.09 bits per heavy atom. The van der Waals surface area contributed by atoms with E-state index in [0.29, 0.717) is 47.5 Å². The highest BCUT2D eigenvalue weighted by molar-refractivity contribution is 7.87. The van der Waals surface area contributed by atoms with Crippen molar-refractivity contribution in [2.24, 2.45) is 35.8 Å². The van der Waals surface area contributed by atoms with Crippen LogP contribution in [0, 0.1) is 10.1 Å². The third-order valence-electron chi connectivity index (χ3n) is 8.77. The Kier molecular flexibility index (Phi) is 12.8. The van der Waals surface area contributed by atoms with Gasteiger partial charge in [-0.1, -0.05) is 0 Å². The topological polar surface area (TPSA) is 500 Å². The number of phenolic OH excluding ortho intramolecular Hbond substituents is 2. The van der Waals surface area contributed by atoms with E-state index in [4.69, 9.17) is 0 Å². The number of nitrogens with zero attached hydrogens (tertiary/aromatic N) is 9. The molecule has 1 amide bonds. The van der Waals surface area contributed by atoms with Crippen LogP contribution in [0.5, 0.6) is 11.5 Å². The molecule has 6 rings (SSSR count). The number of carbonyl (C=O) groups excluding carboxylic acids is 1. The van der Waals surface area contributed by atoms with E-state index in [2.05, 4.69) is 35.8 Å². The van der Waals surface area contributed by atoms with Crippen molar-refractivity contribution in [1.82, 2.24) is 0 Å². The SMILES string of the molecule is O=C(O)C1=NN(c2ccc(S(=O)(=O)O)cc2)C(=O)C1/N=N/c1ccc(/N=N/c2c(S(=O)(=O)O)cc3cc(S(=O)(=O)O)c(/N=N/c4ccc([N+](=O)[O-])cc4S(=O)(=O)O)c(O)c3c2O)c(S(=O)(=O)O)c1. The van der Waals surface area contributed by atoms with Crippen LogP contribution in [-0.2, 0) is 60.2 Å². The molecule has 31 nitrogen and oxygen atoms in total. The number of hydrogen-bond donors (Lipinski definition) is 8. The Hall–Kier alpha value is -7.68. The van der Waals surface area contributed by atoms with Gasteiger partial charge in [-0.15, -0.1) is 20.5 Å². The maximum atomic E-state index is 13.2. The van der Waals surface area contributed by atoms with Crippen molar-refractivity contribution in [2.45, 2.75) is 30.5 Å². The first-order valence-electron chi connectivity index (χ1n) is 17.1. The third kappa shape index (κ3) is 10.2. The third-order valence-corrected chi connectivity index (χ3v) is 13.1. The van der Waals surface area contributed by atoms with Crippen LogP contribution in [0.3, 0.4) is 0 Å². The number of anilines is 1. The van der Waals surface area contributed by atoms with Crippen LogP contribution >= 0.6 is 0 Å². The molecular weight excluding hydrogens is 1020 g/mol. The second-order valence-corrected chi connectivity index (χ2v) is 20.1. The zero-order chi connectivity index (χ0) is 50.6. The lowest BCUT2D eigenvalue weighted by Gasteiger charge is -2.13. The molecule has 5 aromatic carbocycles. The average Bonchev–Trinajstić information content (AvgIpc) is 3.56. The number of rotatable bonds is 14. The summed E-state index contributed by atoms with van der Waals surface area (Å²) in [5, 5.41) is 66.6. The van der Waals surface area contributed by atoms with Gasteiger partial charge in [0.25, 0.3) is 62.2 Å². The van der Waals surface area contributed by atoms with E-state index in [1.54, 1.807) is 0 Å². The summed E-state index contributed by atoms with van der Waals surface area (Å²) >= 11 is 0. The summed E-state index contributed by atoms with van der Waals surface area (Å²) in [6.45, 7) is 0. The van der Waals surface area contributed by atoms with Crippen LogP contribution in [0.2, 0.25) is 0 Å². The van der Waals surface area contributed by atoms with Crippen molar-refractivity contribution in [1.29, 1.82) is 0 Å². The molecule has 1 unspecified atom stereocenters. The smallest absolute Gasteiger partial charge is 0.355 e. The average molecular weight is 1040 g/mol. The van der Waals surface area contributed by atoms with Crippen molar-refractivity contribution in [2.75, 3.05) is 5.01 Å². The number of hydrogen-bond acceptors (Lipinski definition) is 23. The molecule has 0 fully saturated rings. The number of nitro groups is 1. The molecule has 8 N–H and O–H groups in total. The van der Waals surface area contributed by atoms with E-state index >= 15 is 0 Å². The molecule has 1 heterocycles. The Balaban J connectivity index is 1.44. The molecule has 1 atom stereocenters. The molecule has 0 spiro atoms. The fourth-order valence-electron chi connectivity index (χ4n) is 5.79. The number of carbonyl (C=O) groups is 2. The number of amides is 1. The summed E-state index contributed by atoms with van der Waals surface area (Å²) in [6.07, 6.45) is 0. The number of fused-ring (bicyclic) bond motifs is 1. The first-order chi connectivity index (χ1) is 31.3. The number of hydrazone groups is 1. The molecule has 0 bridgehead atoms. The lowest BCUT2D eigenvalue weighted by atomic mass is 10.1. The van der Waals surface area contributed by atoms with E-state index in [-0.39, 0.29) is 5.69 Å². The van der Waals surface area contributed by atoms with E-state index < -0.39 is 160 Å². The van der Waals surface area contributed by atoms with Crippen LogP contribution in [0.1, 0.15) is 0 Å². The van der Waals surface area contributed by atoms with Gasteiger partial charge >= 0.3 is 5.97 Å². The summed E-state index contributed by atoms with van der Waals surface area (Å²) in [5.41, 5.74) is -7.14. The summed E-state index contributed by atoms with van der Waals surface area (Å²) in [7, 11) is -26.6. The molecule has 0 aromatic heterocycles. The van der Waals surface area contributed by atoms with E-state index in [0.717, 1.165) is 30.3 Å². The summed E-state index contributed by atoms with van der Waals surface area (Å²) in [4.78, 5) is 29.3. The molecular formula is C32H21N9O22S5. The minimum Gasteiger partial charge on any atom is -0.505 e. The van der Waals surface area contributed by atoms with Crippen molar-refractivity contribution in [3.63, 3.8) is 0 Å². The molecule has 36 heteroatoms.